The smallest absolute Gasteiger partial charge is 0.394 e. The van der Waals surface area contributed by atoms with Crippen molar-refractivity contribution in [2.45, 2.75) is 65.3 Å². The number of hydrogen-bond acceptors (Lipinski definition) is 7. The van der Waals surface area contributed by atoms with Crippen molar-refractivity contribution >= 4 is 22.7 Å². The second kappa shape index (κ2) is 11.5. The van der Waals surface area contributed by atoms with Crippen LogP contribution in [0.15, 0.2) is 42.5 Å². The highest BCUT2D eigenvalue weighted by Gasteiger charge is 2.33. The van der Waals surface area contributed by atoms with Crippen molar-refractivity contribution in [3.63, 3.8) is 0 Å². The van der Waals surface area contributed by atoms with Crippen LogP contribution in [-0.2, 0) is 25.8 Å². The van der Waals surface area contributed by atoms with Crippen LogP contribution in [0.1, 0.15) is 53.5 Å². The number of fused-ring (bicyclic) bond motifs is 1. The van der Waals surface area contributed by atoms with Gasteiger partial charge in [0.25, 0.3) is 5.95 Å². The minimum absolute atomic E-state index is 0.145. The molecule has 0 spiro atoms. The number of tetrazole rings is 1. The number of nitrogens with zero attached hydrogens (tertiary/aromatic N) is 7. The summed E-state index contributed by atoms with van der Waals surface area (Å²) >= 11 is 0. The molecule has 2 aromatic heterocycles. The highest BCUT2D eigenvalue weighted by Crippen LogP contribution is 2.38. The molecule has 8 nitrogen and oxygen atoms in total. The van der Waals surface area contributed by atoms with Crippen molar-refractivity contribution in [2.24, 2.45) is 11.8 Å². The van der Waals surface area contributed by atoms with E-state index in [9.17, 15) is 18.3 Å². The Morgan fingerprint density at radius 1 is 0.952 bits per heavy atom. The van der Waals surface area contributed by atoms with E-state index in [0.717, 1.165) is 47.0 Å². The summed E-state index contributed by atoms with van der Waals surface area (Å²) in [7, 11) is 0. The molecule has 2 heterocycles. The summed E-state index contributed by atoms with van der Waals surface area (Å²) in [5.74, 6) is 2.53. The topological polar surface area (TPSA) is 83.2 Å². The maximum Gasteiger partial charge on any atom is 0.416 e. The number of hydrogen-bond donors (Lipinski definition) is 1. The molecule has 6 rings (SSSR count). The molecular formula is C31H36F3N7O. The lowest BCUT2D eigenvalue weighted by Gasteiger charge is -2.29. The molecule has 42 heavy (non-hydrogen) atoms. The first-order valence-electron chi connectivity index (χ1n) is 14.6. The normalized spacial score (nSPS) is 15.4. The third-order valence-electron chi connectivity index (χ3n) is 7.98. The van der Waals surface area contributed by atoms with E-state index in [4.69, 9.17) is 4.98 Å². The van der Waals surface area contributed by atoms with Gasteiger partial charge in [-0.05, 0) is 85.9 Å². The zero-order valence-electron chi connectivity index (χ0n) is 24.0. The summed E-state index contributed by atoms with van der Waals surface area (Å²) in [6.45, 7) is 6.12. The fourth-order valence-electron chi connectivity index (χ4n) is 5.53. The number of aliphatic hydroxyl groups is 1. The van der Waals surface area contributed by atoms with Gasteiger partial charge in [-0.3, -0.25) is 0 Å². The number of aryl methyl sites for hydroxylation is 2. The van der Waals surface area contributed by atoms with E-state index < -0.39 is 11.7 Å². The molecule has 0 bridgehead atoms. The van der Waals surface area contributed by atoms with E-state index in [-0.39, 0.29) is 25.6 Å². The molecular weight excluding hydrogens is 543 g/mol. The molecule has 1 N–H and O–H groups in total. The molecule has 222 valence electrons. The first kappa shape index (κ1) is 28.4. The van der Waals surface area contributed by atoms with E-state index in [1.165, 1.54) is 36.5 Å². The lowest BCUT2D eigenvalue weighted by atomic mass is 10.0. The first-order chi connectivity index (χ1) is 20.2. The van der Waals surface area contributed by atoms with E-state index in [2.05, 4.69) is 39.4 Å². The van der Waals surface area contributed by atoms with Crippen molar-refractivity contribution in [1.29, 1.82) is 0 Å². The quantitative estimate of drug-likeness (QED) is 0.231. The van der Waals surface area contributed by atoms with E-state index in [1.54, 1.807) is 13.0 Å². The maximum atomic E-state index is 13.7. The third kappa shape index (κ3) is 6.67. The van der Waals surface area contributed by atoms with E-state index in [0.29, 0.717) is 29.5 Å². The largest absolute Gasteiger partial charge is 0.416 e. The van der Waals surface area contributed by atoms with E-state index >= 15 is 0 Å². The first-order valence-corrected chi connectivity index (χ1v) is 14.6. The second-order valence-corrected chi connectivity index (χ2v) is 11.9. The lowest BCUT2D eigenvalue weighted by Crippen LogP contribution is -2.32. The molecule has 4 aromatic rings. The van der Waals surface area contributed by atoms with Gasteiger partial charge >= 0.3 is 6.18 Å². The van der Waals surface area contributed by atoms with Crippen LogP contribution in [-0.4, -0.2) is 50.0 Å². The van der Waals surface area contributed by atoms with Gasteiger partial charge in [-0.2, -0.15) is 18.0 Å². The van der Waals surface area contributed by atoms with Crippen LogP contribution >= 0.6 is 0 Å². The average molecular weight is 580 g/mol. The summed E-state index contributed by atoms with van der Waals surface area (Å²) < 4.78 is 41.1. The van der Waals surface area contributed by atoms with Gasteiger partial charge in [0, 0.05) is 37.1 Å². The van der Waals surface area contributed by atoms with Gasteiger partial charge in [0.2, 0.25) is 0 Å². The van der Waals surface area contributed by atoms with Crippen LogP contribution in [0, 0.1) is 25.7 Å². The Bertz CT molecular complexity index is 1550. The summed E-state index contributed by atoms with van der Waals surface area (Å²) in [5, 5.41) is 23.2. The number of pyridine rings is 1. The summed E-state index contributed by atoms with van der Waals surface area (Å²) in [6, 6.07) is 12.4. The SMILES string of the molecule is Cc1cc(CN(Cc2cc3cccc(C)c3nc2N(CC2CC2)CC2CC2)c2nnn(CCO)n2)cc(C(F)(F)F)c1. The standard InChI is InChI=1S/C31H36F3N7O/c1-20-12-24(14-27(13-20)31(32,33)34)18-40(30-36-38-41(37-30)10-11-42)19-26-15-25-5-3-4-21(2)28(25)35-29(26)39(16-22-6-7-22)17-23-8-9-23/h3-5,12-15,22-23,42H,6-11,16-19H2,1-2H3. The number of aliphatic hydroxyl groups excluding tert-OH is 1. The number of rotatable bonds is 12. The second-order valence-electron chi connectivity index (χ2n) is 11.9. The van der Waals surface area contributed by atoms with Gasteiger partial charge in [0.15, 0.2) is 0 Å². The molecule has 0 atom stereocenters. The fourth-order valence-corrected chi connectivity index (χ4v) is 5.53. The average Bonchev–Trinajstić information content (AvgIpc) is 3.87. The molecule has 2 aromatic carbocycles. The van der Waals surface area contributed by atoms with Gasteiger partial charge in [-0.25, -0.2) is 4.98 Å². The van der Waals surface area contributed by atoms with Crippen LogP contribution in [0.25, 0.3) is 10.9 Å². The molecule has 0 amide bonds. The Hall–Kier alpha value is -3.73. The highest BCUT2D eigenvalue weighted by molar-refractivity contribution is 5.84. The molecule has 0 saturated heterocycles. The molecule has 2 fully saturated rings. The van der Waals surface area contributed by atoms with Gasteiger partial charge in [-0.1, -0.05) is 34.9 Å². The molecule has 2 saturated carbocycles. The minimum Gasteiger partial charge on any atom is -0.394 e. The number of benzene rings is 2. The number of anilines is 2. The Morgan fingerprint density at radius 2 is 1.69 bits per heavy atom. The van der Waals surface area contributed by atoms with Gasteiger partial charge in [0.05, 0.1) is 24.2 Å². The van der Waals surface area contributed by atoms with Crippen molar-refractivity contribution < 1.29 is 18.3 Å². The van der Waals surface area contributed by atoms with Crippen molar-refractivity contribution in [3.05, 3.63) is 70.3 Å². The van der Waals surface area contributed by atoms with Gasteiger partial charge < -0.3 is 14.9 Å². The highest BCUT2D eigenvalue weighted by atomic mass is 19.4. The number of para-hydroxylation sites is 1. The third-order valence-corrected chi connectivity index (χ3v) is 7.98. The number of alkyl halides is 3. The zero-order chi connectivity index (χ0) is 29.4. The molecule has 2 aliphatic rings. The molecule has 11 heteroatoms. The van der Waals surface area contributed by atoms with E-state index in [1.807, 2.05) is 17.0 Å². The number of aromatic nitrogens is 5. The number of halogens is 3. The predicted octanol–water partition coefficient (Wildman–Crippen LogP) is 5.68. The van der Waals surface area contributed by atoms with Crippen molar-refractivity contribution in [3.8, 4) is 0 Å². The molecule has 2 aliphatic carbocycles. The van der Waals surface area contributed by atoms with Crippen LogP contribution in [0.4, 0.5) is 24.9 Å². The Labute approximate surface area is 243 Å². The predicted molar refractivity (Wildman–Crippen MR) is 155 cm³/mol. The monoisotopic (exact) mass is 579 g/mol. The van der Waals surface area contributed by atoms with Gasteiger partial charge in [-0.15, -0.1) is 5.10 Å². The van der Waals surface area contributed by atoms with Crippen LogP contribution < -0.4 is 9.80 Å². The van der Waals surface area contributed by atoms with Crippen molar-refractivity contribution in [1.82, 2.24) is 25.2 Å². The minimum atomic E-state index is -4.45. The molecule has 0 radical (unpaired) electrons. The molecule has 0 aliphatic heterocycles. The fraction of sp³-hybridized carbons (Fsp3) is 0.484. The van der Waals surface area contributed by atoms with Gasteiger partial charge in [0.1, 0.15) is 5.82 Å². The summed E-state index contributed by atoms with van der Waals surface area (Å²) in [4.78, 5) is 10.8. The summed E-state index contributed by atoms with van der Waals surface area (Å²) in [6.07, 6.45) is 0.446. The molecule has 0 unspecified atom stereocenters. The maximum absolute atomic E-state index is 13.7. The Balaban J connectivity index is 1.42. The van der Waals surface area contributed by atoms with Crippen molar-refractivity contribution in [2.75, 3.05) is 29.5 Å². The summed E-state index contributed by atoms with van der Waals surface area (Å²) in [5.41, 5.74) is 3.37. The van der Waals surface area contributed by atoms with Crippen LogP contribution in [0.3, 0.4) is 0 Å². The zero-order valence-corrected chi connectivity index (χ0v) is 24.0. The van der Waals surface area contributed by atoms with Crippen LogP contribution in [0.2, 0.25) is 0 Å². The van der Waals surface area contributed by atoms with Crippen LogP contribution in [0.5, 0.6) is 0 Å². The Kier molecular flexibility index (Phi) is 7.78. The Morgan fingerprint density at radius 3 is 2.36 bits per heavy atom. The lowest BCUT2D eigenvalue weighted by molar-refractivity contribution is -0.137.